The molecule has 0 radical (unpaired) electrons. The van der Waals surface area contributed by atoms with Crippen molar-refractivity contribution in [3.63, 3.8) is 0 Å². The van der Waals surface area contributed by atoms with Crippen LogP contribution in [-0.4, -0.2) is 63.0 Å². The van der Waals surface area contributed by atoms with E-state index in [1.54, 1.807) is 20.8 Å². The van der Waals surface area contributed by atoms with E-state index in [0.29, 0.717) is 13.0 Å². The molecule has 2 bridgehead atoms. The first-order chi connectivity index (χ1) is 13.1. The van der Waals surface area contributed by atoms with Gasteiger partial charge in [-0.25, -0.2) is 14.5 Å². The topological polar surface area (TPSA) is 113 Å². The smallest absolute Gasteiger partial charge is 0.410 e. The Morgan fingerprint density at radius 3 is 2.43 bits per heavy atom. The fourth-order valence-corrected chi connectivity index (χ4v) is 4.15. The lowest BCUT2D eigenvalue weighted by Gasteiger charge is -2.35. The quantitative estimate of drug-likeness (QED) is 0.436. The molecule has 1 aromatic carbocycles. The van der Waals surface area contributed by atoms with E-state index < -0.39 is 40.6 Å². The van der Waals surface area contributed by atoms with Gasteiger partial charge in [-0.05, 0) is 39.3 Å². The predicted molar refractivity (Wildman–Crippen MR) is 96.7 cm³/mol. The van der Waals surface area contributed by atoms with E-state index in [0.717, 1.165) is 4.90 Å². The number of fused-ring (bicyclic) bond motifs is 5. The first-order valence-corrected chi connectivity index (χ1v) is 8.99. The third-order valence-electron chi connectivity index (χ3n) is 5.21. The average molecular weight is 388 g/mol. The average Bonchev–Trinajstić information content (AvgIpc) is 3.25. The number of amides is 4. The summed E-state index contributed by atoms with van der Waals surface area (Å²) >= 11 is 0. The number of ether oxygens (including phenoxy) is 1. The molecule has 0 spiro atoms. The molecule has 10 heteroatoms. The highest BCUT2D eigenvalue weighted by atomic mass is 16.6. The second-order valence-corrected chi connectivity index (χ2v) is 8.17. The summed E-state index contributed by atoms with van der Waals surface area (Å²) in [4.78, 5) is 52.7. The maximum atomic E-state index is 13.0. The fraction of sp³-hybridized carbons (Fsp3) is 0.500. The summed E-state index contributed by atoms with van der Waals surface area (Å²) < 4.78 is 5.43. The normalized spacial score (nSPS) is 26.1. The molecule has 3 saturated heterocycles. The minimum atomic E-state index is -0.756. The molecule has 3 atom stereocenters. The van der Waals surface area contributed by atoms with Crippen LogP contribution in [-0.2, 0) is 9.53 Å². The first kappa shape index (κ1) is 18.2. The molecular formula is C18H20N4O6. The van der Waals surface area contributed by atoms with Crippen LogP contribution < -0.4 is 4.90 Å². The molecule has 0 aromatic heterocycles. The van der Waals surface area contributed by atoms with Crippen LogP contribution in [0.15, 0.2) is 24.3 Å². The molecular weight excluding hydrogens is 368 g/mol. The molecule has 1 aromatic rings. The standard InChI is InChI=1S/C18H20N4O6/c1-18(2,3)28-17(25)19-9-12-8-13(19)14-15(23)21(16(24)20(12)14)10-4-6-11(7-5-10)22(26)27/h4-7,12-14H,8-9H2,1-3H3/t12-,13-,14+/m1/s1. The van der Waals surface area contributed by atoms with Gasteiger partial charge in [-0.3, -0.25) is 14.9 Å². The van der Waals surface area contributed by atoms with E-state index in [9.17, 15) is 24.5 Å². The van der Waals surface area contributed by atoms with Crippen LogP contribution in [0, 0.1) is 10.1 Å². The number of piperazine rings is 1. The van der Waals surface area contributed by atoms with E-state index >= 15 is 0 Å². The van der Waals surface area contributed by atoms with Gasteiger partial charge in [0, 0.05) is 18.7 Å². The molecule has 0 aliphatic carbocycles. The molecule has 4 rings (SSSR count). The predicted octanol–water partition coefficient (Wildman–Crippen LogP) is 2.12. The summed E-state index contributed by atoms with van der Waals surface area (Å²) in [6.45, 7) is 5.63. The molecule has 148 valence electrons. The van der Waals surface area contributed by atoms with Crippen molar-refractivity contribution >= 4 is 29.4 Å². The summed E-state index contributed by atoms with van der Waals surface area (Å²) in [5.74, 6) is -0.431. The Kier molecular flexibility index (Phi) is 3.84. The molecule has 3 aliphatic rings. The van der Waals surface area contributed by atoms with Gasteiger partial charge in [0.1, 0.15) is 11.6 Å². The monoisotopic (exact) mass is 388 g/mol. The van der Waals surface area contributed by atoms with Gasteiger partial charge in [0.25, 0.3) is 11.6 Å². The zero-order valence-electron chi connectivity index (χ0n) is 15.7. The summed E-state index contributed by atoms with van der Waals surface area (Å²) in [5, 5.41) is 10.8. The number of urea groups is 1. The van der Waals surface area contributed by atoms with Gasteiger partial charge in [-0.15, -0.1) is 0 Å². The van der Waals surface area contributed by atoms with Crippen LogP contribution in [0.5, 0.6) is 0 Å². The Morgan fingerprint density at radius 2 is 1.86 bits per heavy atom. The van der Waals surface area contributed by atoms with Gasteiger partial charge in [-0.2, -0.15) is 0 Å². The van der Waals surface area contributed by atoms with E-state index in [1.165, 1.54) is 34.1 Å². The van der Waals surface area contributed by atoms with Crippen LogP contribution >= 0.6 is 0 Å². The Hall–Kier alpha value is -3.17. The highest BCUT2D eigenvalue weighted by molar-refractivity contribution is 6.22. The number of carbonyl (C=O) groups excluding carboxylic acids is 3. The number of nitro groups is 1. The summed E-state index contributed by atoms with van der Waals surface area (Å²) in [5.41, 5.74) is -0.503. The van der Waals surface area contributed by atoms with E-state index in [1.807, 2.05) is 0 Å². The van der Waals surface area contributed by atoms with Crippen molar-refractivity contribution in [2.45, 2.75) is 50.9 Å². The van der Waals surface area contributed by atoms with E-state index in [4.69, 9.17) is 4.74 Å². The number of benzene rings is 1. The lowest BCUT2D eigenvalue weighted by atomic mass is 10.1. The number of nitrogens with zero attached hydrogens (tertiary/aromatic N) is 4. The van der Waals surface area contributed by atoms with Crippen molar-refractivity contribution < 1.29 is 24.0 Å². The van der Waals surface area contributed by atoms with Crippen molar-refractivity contribution in [1.29, 1.82) is 0 Å². The second kappa shape index (κ2) is 5.91. The van der Waals surface area contributed by atoms with Crippen molar-refractivity contribution in [2.24, 2.45) is 0 Å². The number of anilines is 1. The van der Waals surface area contributed by atoms with Crippen LogP contribution in [0.4, 0.5) is 21.0 Å². The molecule has 28 heavy (non-hydrogen) atoms. The van der Waals surface area contributed by atoms with E-state index in [2.05, 4.69) is 0 Å². The minimum Gasteiger partial charge on any atom is -0.444 e. The number of nitro benzene ring substituents is 1. The highest BCUT2D eigenvalue weighted by Crippen LogP contribution is 2.42. The maximum absolute atomic E-state index is 13.0. The summed E-state index contributed by atoms with van der Waals surface area (Å²) in [7, 11) is 0. The van der Waals surface area contributed by atoms with Gasteiger partial charge in [0.15, 0.2) is 0 Å². The minimum absolute atomic E-state index is 0.125. The molecule has 0 N–H and O–H groups in total. The number of hydrogen-bond donors (Lipinski definition) is 0. The first-order valence-electron chi connectivity index (χ1n) is 8.99. The SMILES string of the molecule is CC(C)(C)OC(=O)N1C[C@H]2C[C@@H]1[C@H]1C(=O)N(c3ccc([N+](=O)[O-])cc3)C(=O)N21. The Balaban J connectivity index is 1.58. The third-order valence-corrected chi connectivity index (χ3v) is 5.21. The third kappa shape index (κ3) is 2.67. The molecule has 3 aliphatic heterocycles. The van der Waals surface area contributed by atoms with Crippen LogP contribution in [0.2, 0.25) is 0 Å². The molecule has 0 saturated carbocycles. The fourth-order valence-electron chi connectivity index (χ4n) is 4.15. The Labute approximate surface area is 160 Å². The number of carbonyl (C=O) groups is 3. The van der Waals surface area contributed by atoms with Crippen molar-refractivity contribution in [2.75, 3.05) is 11.4 Å². The number of hydrogen-bond acceptors (Lipinski definition) is 6. The van der Waals surface area contributed by atoms with Gasteiger partial charge in [0.2, 0.25) is 0 Å². The highest BCUT2D eigenvalue weighted by Gasteiger charge is 2.63. The number of rotatable bonds is 2. The van der Waals surface area contributed by atoms with Gasteiger partial charge >= 0.3 is 12.1 Å². The summed E-state index contributed by atoms with van der Waals surface area (Å²) in [6.07, 6.45) is 0.0452. The Morgan fingerprint density at radius 1 is 1.21 bits per heavy atom. The van der Waals surface area contributed by atoms with Crippen molar-refractivity contribution in [1.82, 2.24) is 9.80 Å². The summed E-state index contributed by atoms with van der Waals surface area (Å²) in [6, 6.07) is 3.37. The molecule has 10 nitrogen and oxygen atoms in total. The zero-order valence-corrected chi connectivity index (χ0v) is 15.7. The molecule has 0 unspecified atom stereocenters. The molecule has 3 fully saturated rings. The number of imide groups is 1. The van der Waals surface area contributed by atoms with Gasteiger partial charge in [0.05, 0.1) is 22.7 Å². The van der Waals surface area contributed by atoms with Gasteiger partial charge < -0.3 is 14.5 Å². The lowest BCUT2D eigenvalue weighted by molar-refractivity contribution is -0.384. The number of likely N-dealkylation sites (tertiary alicyclic amines) is 1. The van der Waals surface area contributed by atoms with Crippen LogP contribution in [0.3, 0.4) is 0 Å². The largest absolute Gasteiger partial charge is 0.444 e. The van der Waals surface area contributed by atoms with Gasteiger partial charge in [-0.1, -0.05) is 0 Å². The second-order valence-electron chi connectivity index (χ2n) is 8.17. The molecule has 3 heterocycles. The van der Waals surface area contributed by atoms with Crippen LogP contribution in [0.1, 0.15) is 27.2 Å². The van der Waals surface area contributed by atoms with E-state index in [-0.39, 0.29) is 17.4 Å². The van der Waals surface area contributed by atoms with Crippen molar-refractivity contribution in [3.8, 4) is 0 Å². The maximum Gasteiger partial charge on any atom is 0.410 e. The lowest BCUT2D eigenvalue weighted by Crippen LogP contribution is -2.55. The zero-order chi connectivity index (χ0) is 20.4. The van der Waals surface area contributed by atoms with Crippen LogP contribution in [0.25, 0.3) is 0 Å². The van der Waals surface area contributed by atoms with Crippen molar-refractivity contribution in [3.05, 3.63) is 34.4 Å². The Bertz CT molecular complexity index is 877. The number of non-ortho nitro benzene ring substituents is 1. The molecule has 4 amide bonds.